The van der Waals surface area contributed by atoms with Crippen LogP contribution >= 0.6 is 0 Å². The van der Waals surface area contributed by atoms with E-state index in [1.807, 2.05) is 13.1 Å². The Balaban J connectivity index is 2.35. The van der Waals surface area contributed by atoms with Crippen LogP contribution in [0.15, 0.2) is 30.6 Å². The van der Waals surface area contributed by atoms with Crippen molar-refractivity contribution in [1.29, 1.82) is 5.41 Å². The van der Waals surface area contributed by atoms with E-state index in [9.17, 15) is 4.39 Å². The zero-order valence-electron chi connectivity index (χ0n) is 9.44. The summed E-state index contributed by atoms with van der Waals surface area (Å²) in [5.41, 5.74) is 7.68. The second kappa shape index (κ2) is 4.37. The Hall–Kier alpha value is -2.17. The Morgan fingerprint density at radius 1 is 1.53 bits per heavy atom. The maximum Gasteiger partial charge on any atom is 0.123 e. The predicted molar refractivity (Wildman–Crippen MR) is 63.5 cm³/mol. The summed E-state index contributed by atoms with van der Waals surface area (Å²) in [7, 11) is 0. The Kier molecular flexibility index (Phi) is 2.91. The van der Waals surface area contributed by atoms with E-state index in [0.29, 0.717) is 12.1 Å². The highest BCUT2D eigenvalue weighted by molar-refractivity contribution is 5.96. The molecule has 1 aromatic carbocycles. The molecule has 0 aliphatic heterocycles. The van der Waals surface area contributed by atoms with Crippen LogP contribution in [0.3, 0.4) is 0 Å². The fourth-order valence-electron chi connectivity index (χ4n) is 1.67. The van der Waals surface area contributed by atoms with E-state index in [-0.39, 0.29) is 5.84 Å². The summed E-state index contributed by atoms with van der Waals surface area (Å²) in [5.74, 6) is -0.529. The Morgan fingerprint density at radius 3 is 2.88 bits per heavy atom. The molecule has 1 aromatic heterocycles. The largest absolute Gasteiger partial charge is 0.384 e. The van der Waals surface area contributed by atoms with Gasteiger partial charge < -0.3 is 5.73 Å². The molecule has 4 nitrogen and oxygen atoms in total. The highest BCUT2D eigenvalue weighted by atomic mass is 19.1. The number of rotatable bonds is 3. The maximum atomic E-state index is 13.1. The van der Waals surface area contributed by atoms with Gasteiger partial charge in [-0.05, 0) is 30.2 Å². The first kappa shape index (κ1) is 11.3. The van der Waals surface area contributed by atoms with Crippen molar-refractivity contribution in [1.82, 2.24) is 9.78 Å². The molecule has 0 unspecified atom stereocenters. The van der Waals surface area contributed by atoms with Crippen LogP contribution in [0.5, 0.6) is 0 Å². The molecule has 5 heteroatoms. The summed E-state index contributed by atoms with van der Waals surface area (Å²) in [6.45, 7) is 2.42. The van der Waals surface area contributed by atoms with E-state index in [4.69, 9.17) is 11.1 Å². The minimum absolute atomic E-state index is 0.136. The summed E-state index contributed by atoms with van der Waals surface area (Å²) >= 11 is 0. The van der Waals surface area contributed by atoms with Gasteiger partial charge in [-0.3, -0.25) is 10.1 Å². The number of nitrogens with zero attached hydrogens (tertiary/aromatic N) is 2. The van der Waals surface area contributed by atoms with Gasteiger partial charge in [0.15, 0.2) is 0 Å². The Bertz CT molecular complexity index is 559. The van der Waals surface area contributed by atoms with Gasteiger partial charge in [-0.25, -0.2) is 4.39 Å². The lowest BCUT2D eigenvalue weighted by Gasteiger charge is -2.08. The van der Waals surface area contributed by atoms with E-state index in [1.54, 1.807) is 16.9 Å². The van der Waals surface area contributed by atoms with Crippen LogP contribution in [0, 0.1) is 18.2 Å². The molecule has 0 radical (unpaired) electrons. The molecule has 2 aromatic rings. The van der Waals surface area contributed by atoms with E-state index < -0.39 is 5.82 Å². The van der Waals surface area contributed by atoms with Gasteiger partial charge in [-0.15, -0.1) is 0 Å². The lowest BCUT2D eigenvalue weighted by molar-refractivity contribution is 0.623. The van der Waals surface area contributed by atoms with Gasteiger partial charge in [0.25, 0.3) is 0 Å². The third-order valence-corrected chi connectivity index (χ3v) is 2.46. The van der Waals surface area contributed by atoms with Gasteiger partial charge in [-0.1, -0.05) is 6.07 Å². The lowest BCUT2D eigenvalue weighted by Crippen LogP contribution is -2.15. The average molecular weight is 232 g/mol. The van der Waals surface area contributed by atoms with Gasteiger partial charge in [-0.2, -0.15) is 5.10 Å². The monoisotopic (exact) mass is 232 g/mol. The number of benzene rings is 1. The number of amidine groups is 1. The number of nitrogens with one attached hydrogen (secondary N) is 1. The summed E-state index contributed by atoms with van der Waals surface area (Å²) < 4.78 is 14.8. The molecule has 0 spiro atoms. The first-order valence-electron chi connectivity index (χ1n) is 5.18. The number of halogens is 1. The fourth-order valence-corrected chi connectivity index (χ4v) is 1.67. The summed E-state index contributed by atoms with van der Waals surface area (Å²) in [6, 6.07) is 4.26. The SMILES string of the molecule is Cc1cnn(Cc2ccc(F)cc2C(=N)N)c1. The number of hydrogen-bond donors (Lipinski definition) is 2. The minimum atomic E-state index is -0.393. The summed E-state index contributed by atoms with van der Waals surface area (Å²) in [5, 5.41) is 11.6. The molecule has 17 heavy (non-hydrogen) atoms. The molecule has 0 amide bonds. The van der Waals surface area contributed by atoms with Crippen molar-refractivity contribution < 1.29 is 4.39 Å². The van der Waals surface area contributed by atoms with E-state index in [1.165, 1.54) is 12.1 Å². The van der Waals surface area contributed by atoms with Crippen LogP contribution in [-0.2, 0) is 6.54 Å². The molecule has 0 aliphatic carbocycles. The van der Waals surface area contributed by atoms with Crippen molar-refractivity contribution >= 4 is 5.84 Å². The fraction of sp³-hybridized carbons (Fsp3) is 0.167. The third kappa shape index (κ3) is 2.50. The maximum absolute atomic E-state index is 13.1. The lowest BCUT2D eigenvalue weighted by atomic mass is 10.1. The zero-order chi connectivity index (χ0) is 12.4. The smallest absolute Gasteiger partial charge is 0.123 e. The molecule has 0 saturated heterocycles. The van der Waals surface area contributed by atoms with Crippen LogP contribution < -0.4 is 5.73 Å². The molecule has 88 valence electrons. The van der Waals surface area contributed by atoms with Gasteiger partial charge >= 0.3 is 0 Å². The van der Waals surface area contributed by atoms with Crippen molar-refractivity contribution in [3.63, 3.8) is 0 Å². The Labute approximate surface area is 98.4 Å². The molecule has 0 saturated carbocycles. The van der Waals surface area contributed by atoms with Crippen LogP contribution in [0.2, 0.25) is 0 Å². The molecule has 1 heterocycles. The first-order valence-corrected chi connectivity index (χ1v) is 5.18. The number of aromatic nitrogens is 2. The topological polar surface area (TPSA) is 67.7 Å². The summed E-state index contributed by atoms with van der Waals surface area (Å²) in [4.78, 5) is 0. The molecule has 0 fully saturated rings. The quantitative estimate of drug-likeness (QED) is 0.624. The van der Waals surface area contributed by atoms with Crippen molar-refractivity contribution in [3.05, 3.63) is 53.1 Å². The number of nitrogen functional groups attached to an aromatic ring is 1. The predicted octanol–water partition coefficient (Wildman–Crippen LogP) is 1.66. The van der Waals surface area contributed by atoms with E-state index in [2.05, 4.69) is 5.10 Å². The van der Waals surface area contributed by atoms with Crippen molar-refractivity contribution in [2.75, 3.05) is 0 Å². The van der Waals surface area contributed by atoms with Crippen molar-refractivity contribution in [2.24, 2.45) is 5.73 Å². The molecule has 2 rings (SSSR count). The third-order valence-electron chi connectivity index (χ3n) is 2.46. The van der Waals surface area contributed by atoms with Crippen LogP contribution in [0.1, 0.15) is 16.7 Å². The van der Waals surface area contributed by atoms with Gasteiger partial charge in [0.2, 0.25) is 0 Å². The Morgan fingerprint density at radius 2 is 2.29 bits per heavy atom. The van der Waals surface area contributed by atoms with Crippen molar-refractivity contribution in [3.8, 4) is 0 Å². The van der Waals surface area contributed by atoms with Crippen molar-refractivity contribution in [2.45, 2.75) is 13.5 Å². The van der Waals surface area contributed by atoms with Gasteiger partial charge in [0.1, 0.15) is 11.7 Å². The molecular weight excluding hydrogens is 219 g/mol. The summed E-state index contributed by atoms with van der Waals surface area (Å²) in [6.07, 6.45) is 3.63. The second-order valence-electron chi connectivity index (χ2n) is 3.93. The van der Waals surface area contributed by atoms with E-state index in [0.717, 1.165) is 11.1 Å². The number of aryl methyl sites for hydroxylation is 1. The normalized spacial score (nSPS) is 10.5. The molecular formula is C12H13FN4. The van der Waals surface area contributed by atoms with E-state index >= 15 is 0 Å². The van der Waals surface area contributed by atoms with Gasteiger partial charge in [0.05, 0.1) is 12.7 Å². The van der Waals surface area contributed by atoms with Gasteiger partial charge in [0, 0.05) is 11.8 Å². The average Bonchev–Trinajstić information content (AvgIpc) is 2.66. The van der Waals surface area contributed by atoms with Crippen LogP contribution in [-0.4, -0.2) is 15.6 Å². The van der Waals surface area contributed by atoms with Crippen LogP contribution in [0.25, 0.3) is 0 Å². The standard InChI is InChI=1S/C12H13FN4/c1-8-5-16-17(6-8)7-9-2-3-10(13)4-11(9)12(14)15/h2-6H,7H2,1H3,(H3,14,15). The number of nitrogens with two attached hydrogens (primary N) is 1. The number of hydrogen-bond acceptors (Lipinski definition) is 2. The highest BCUT2D eigenvalue weighted by Gasteiger charge is 2.08. The molecule has 0 atom stereocenters. The zero-order valence-corrected chi connectivity index (χ0v) is 9.44. The minimum Gasteiger partial charge on any atom is -0.384 e. The molecule has 0 aliphatic rings. The molecule has 3 N–H and O–H groups in total. The first-order chi connectivity index (χ1) is 8.06. The second-order valence-corrected chi connectivity index (χ2v) is 3.93. The highest BCUT2D eigenvalue weighted by Crippen LogP contribution is 2.12. The van der Waals surface area contributed by atoms with Crippen LogP contribution in [0.4, 0.5) is 4.39 Å². The molecule has 0 bridgehead atoms.